The van der Waals surface area contributed by atoms with Crippen LogP contribution in [0.15, 0.2) is 29.6 Å². The van der Waals surface area contributed by atoms with Gasteiger partial charge in [-0.3, -0.25) is 9.59 Å². The fourth-order valence-electron chi connectivity index (χ4n) is 1.78. The van der Waals surface area contributed by atoms with Crippen molar-refractivity contribution < 1.29 is 27.9 Å². The molecule has 0 saturated carbocycles. The summed E-state index contributed by atoms with van der Waals surface area (Å²) in [5, 5.41) is 4.10. The molecule has 0 aliphatic heterocycles. The van der Waals surface area contributed by atoms with E-state index in [9.17, 15) is 23.2 Å². The van der Waals surface area contributed by atoms with E-state index in [1.165, 1.54) is 13.0 Å². The van der Waals surface area contributed by atoms with Gasteiger partial charge in [-0.2, -0.15) is 0 Å². The average Bonchev–Trinajstić information content (AvgIpc) is 2.95. The van der Waals surface area contributed by atoms with Crippen molar-refractivity contribution >= 4 is 34.1 Å². The topological polar surface area (TPSA) is 98.5 Å². The molecule has 0 fully saturated rings. The van der Waals surface area contributed by atoms with Gasteiger partial charge in [-0.25, -0.2) is 13.6 Å². The first-order valence-corrected chi connectivity index (χ1v) is 7.52. The molecule has 2 rings (SSSR count). The molecule has 0 aliphatic rings. The highest BCUT2D eigenvalue weighted by molar-refractivity contribution is 7.14. The molecule has 3 N–H and O–H groups in total. The van der Waals surface area contributed by atoms with Gasteiger partial charge in [0.2, 0.25) is 0 Å². The Morgan fingerprint density at radius 1 is 1.21 bits per heavy atom. The van der Waals surface area contributed by atoms with Crippen LogP contribution in [0.3, 0.4) is 0 Å². The number of carbonyl (C=O) groups is 3. The van der Waals surface area contributed by atoms with Crippen molar-refractivity contribution in [1.29, 1.82) is 0 Å². The Bertz CT molecular complexity index is 786. The molecule has 0 saturated heterocycles. The molecule has 9 heteroatoms. The highest BCUT2D eigenvalue weighted by Crippen LogP contribution is 2.23. The Kier molecular flexibility index (Phi) is 5.24. The molecule has 0 bridgehead atoms. The van der Waals surface area contributed by atoms with Crippen LogP contribution in [-0.2, 0) is 9.53 Å². The number of primary amides is 1. The highest BCUT2D eigenvalue weighted by atomic mass is 32.1. The number of thiophene rings is 1. The van der Waals surface area contributed by atoms with E-state index < -0.39 is 41.1 Å². The van der Waals surface area contributed by atoms with E-state index in [0.29, 0.717) is 0 Å². The number of halogens is 2. The van der Waals surface area contributed by atoms with Crippen LogP contribution in [-0.4, -0.2) is 23.9 Å². The molecular formula is C15H12F2N2O4S. The lowest BCUT2D eigenvalue weighted by Crippen LogP contribution is -2.31. The Morgan fingerprint density at radius 3 is 2.42 bits per heavy atom. The first-order valence-electron chi connectivity index (χ1n) is 6.64. The van der Waals surface area contributed by atoms with E-state index in [1.807, 2.05) is 0 Å². The number of nitrogens with two attached hydrogens (primary N) is 1. The van der Waals surface area contributed by atoms with Gasteiger partial charge in [-0.05, 0) is 30.5 Å². The predicted molar refractivity (Wildman–Crippen MR) is 82.7 cm³/mol. The number of benzene rings is 1. The number of rotatable bonds is 5. The van der Waals surface area contributed by atoms with E-state index in [1.54, 1.807) is 5.38 Å². The van der Waals surface area contributed by atoms with Gasteiger partial charge in [0.25, 0.3) is 11.8 Å². The van der Waals surface area contributed by atoms with Crippen molar-refractivity contribution in [3.8, 4) is 0 Å². The molecule has 1 aromatic carbocycles. The summed E-state index contributed by atoms with van der Waals surface area (Å²) >= 11 is 1.05. The second-order valence-corrected chi connectivity index (χ2v) is 5.58. The third-order valence-corrected chi connectivity index (χ3v) is 3.82. The summed E-state index contributed by atoms with van der Waals surface area (Å²) in [6, 6.07) is 4.32. The number of hydrogen-bond donors (Lipinski definition) is 2. The zero-order valence-electron chi connectivity index (χ0n) is 12.3. The molecule has 0 radical (unpaired) electrons. The van der Waals surface area contributed by atoms with Crippen molar-refractivity contribution in [1.82, 2.24) is 0 Å². The second kappa shape index (κ2) is 7.18. The van der Waals surface area contributed by atoms with Crippen molar-refractivity contribution in [3.05, 3.63) is 52.4 Å². The summed E-state index contributed by atoms with van der Waals surface area (Å²) in [6.07, 6.45) is -1.35. The number of amides is 2. The van der Waals surface area contributed by atoms with Crippen LogP contribution in [0.1, 0.15) is 27.6 Å². The molecular weight excluding hydrogens is 342 g/mol. The Labute approximate surface area is 139 Å². The minimum Gasteiger partial charge on any atom is -0.449 e. The van der Waals surface area contributed by atoms with Gasteiger partial charge in [-0.1, -0.05) is 6.07 Å². The third-order valence-electron chi connectivity index (χ3n) is 2.99. The fraction of sp³-hybridized carbons (Fsp3) is 0.133. The molecule has 126 valence electrons. The van der Waals surface area contributed by atoms with Gasteiger partial charge >= 0.3 is 5.97 Å². The summed E-state index contributed by atoms with van der Waals surface area (Å²) < 4.78 is 31.8. The third kappa shape index (κ3) is 3.74. The Morgan fingerprint density at radius 2 is 1.83 bits per heavy atom. The summed E-state index contributed by atoms with van der Waals surface area (Å²) in [5.41, 5.74) is 4.37. The molecule has 6 nitrogen and oxygen atoms in total. The number of anilines is 1. The molecule has 2 aromatic rings. The molecule has 2 amide bonds. The van der Waals surface area contributed by atoms with Crippen LogP contribution >= 0.6 is 11.3 Å². The SMILES string of the molecule is C[C@@H](OC(=O)c1c(F)cccc1F)C(=O)Nc1sccc1C(N)=O. The van der Waals surface area contributed by atoms with Crippen LogP contribution in [0, 0.1) is 11.6 Å². The maximum absolute atomic E-state index is 13.5. The van der Waals surface area contributed by atoms with Gasteiger partial charge in [0.05, 0.1) is 5.56 Å². The molecule has 0 spiro atoms. The fourth-order valence-corrected chi connectivity index (χ4v) is 2.57. The van der Waals surface area contributed by atoms with Crippen LogP contribution in [0.5, 0.6) is 0 Å². The minimum absolute atomic E-state index is 0.104. The Balaban J connectivity index is 2.07. The van der Waals surface area contributed by atoms with Crippen LogP contribution < -0.4 is 11.1 Å². The van der Waals surface area contributed by atoms with Gasteiger partial charge in [0.15, 0.2) is 6.10 Å². The monoisotopic (exact) mass is 354 g/mol. The molecule has 24 heavy (non-hydrogen) atoms. The van der Waals surface area contributed by atoms with E-state index in [4.69, 9.17) is 10.5 Å². The van der Waals surface area contributed by atoms with Crippen molar-refractivity contribution in [2.24, 2.45) is 5.73 Å². The normalized spacial score (nSPS) is 11.6. The van der Waals surface area contributed by atoms with E-state index in [0.717, 1.165) is 29.5 Å². The van der Waals surface area contributed by atoms with Gasteiger partial charge < -0.3 is 15.8 Å². The number of carbonyl (C=O) groups excluding carboxylic acids is 3. The smallest absolute Gasteiger partial charge is 0.344 e. The standard InChI is InChI=1S/C15H12F2N2O4S/c1-7(13(21)19-14-8(12(18)20)5-6-24-14)23-15(22)11-9(16)3-2-4-10(11)17/h2-7H,1H3,(H2,18,20)(H,19,21)/t7-/m1/s1. The lowest BCUT2D eigenvalue weighted by atomic mass is 10.2. The summed E-state index contributed by atoms with van der Waals surface area (Å²) in [4.78, 5) is 35.0. The molecule has 1 atom stereocenters. The lowest BCUT2D eigenvalue weighted by Gasteiger charge is -2.14. The number of ether oxygens (including phenoxy) is 1. The number of esters is 1. The highest BCUT2D eigenvalue weighted by Gasteiger charge is 2.25. The zero-order valence-corrected chi connectivity index (χ0v) is 13.2. The minimum atomic E-state index is -1.35. The van der Waals surface area contributed by atoms with Crippen LogP contribution in [0.25, 0.3) is 0 Å². The number of nitrogens with one attached hydrogen (secondary N) is 1. The maximum Gasteiger partial charge on any atom is 0.344 e. The summed E-state index contributed by atoms with van der Waals surface area (Å²) in [7, 11) is 0. The first kappa shape index (κ1) is 17.5. The van der Waals surface area contributed by atoms with Crippen LogP contribution in [0.4, 0.5) is 13.8 Å². The van der Waals surface area contributed by atoms with Crippen LogP contribution in [0.2, 0.25) is 0 Å². The molecule has 1 aromatic heterocycles. The van der Waals surface area contributed by atoms with Gasteiger partial charge in [-0.15, -0.1) is 11.3 Å². The summed E-state index contributed by atoms with van der Waals surface area (Å²) in [5.74, 6) is -5.01. The van der Waals surface area contributed by atoms with E-state index in [-0.39, 0.29) is 10.6 Å². The zero-order chi connectivity index (χ0) is 17.9. The van der Waals surface area contributed by atoms with Crippen molar-refractivity contribution in [3.63, 3.8) is 0 Å². The van der Waals surface area contributed by atoms with Crippen molar-refractivity contribution in [2.45, 2.75) is 13.0 Å². The maximum atomic E-state index is 13.5. The number of hydrogen-bond acceptors (Lipinski definition) is 5. The van der Waals surface area contributed by atoms with Gasteiger partial charge in [0, 0.05) is 0 Å². The van der Waals surface area contributed by atoms with Gasteiger partial charge in [0.1, 0.15) is 22.2 Å². The summed E-state index contributed by atoms with van der Waals surface area (Å²) in [6.45, 7) is 1.23. The second-order valence-electron chi connectivity index (χ2n) is 4.66. The average molecular weight is 354 g/mol. The Hall–Kier alpha value is -2.81. The molecule has 0 unspecified atom stereocenters. The quantitative estimate of drug-likeness (QED) is 0.805. The van der Waals surface area contributed by atoms with Crippen molar-refractivity contribution in [2.75, 3.05) is 5.32 Å². The lowest BCUT2D eigenvalue weighted by molar-refractivity contribution is -0.123. The van der Waals surface area contributed by atoms with E-state index in [2.05, 4.69) is 5.32 Å². The largest absolute Gasteiger partial charge is 0.449 e. The predicted octanol–water partition coefficient (Wildman–Crippen LogP) is 2.31. The van der Waals surface area contributed by atoms with E-state index >= 15 is 0 Å². The molecule has 1 heterocycles. The molecule has 0 aliphatic carbocycles. The first-order chi connectivity index (χ1) is 11.3.